The minimum Gasteiger partial charge on any atom is -0.486 e. The number of anilines is 1. The van der Waals surface area contributed by atoms with E-state index in [4.69, 9.17) is 9.47 Å². The molecule has 0 aliphatic carbocycles. The SMILES string of the molecule is O=C(Nc1ccc2c(c1)OCCO2)c1nnn(-c2ccc(Br)cc2)n1. The molecule has 1 aromatic heterocycles. The summed E-state index contributed by atoms with van der Waals surface area (Å²) in [6, 6.07) is 12.5. The van der Waals surface area contributed by atoms with Gasteiger partial charge < -0.3 is 14.8 Å². The number of hydrogen-bond donors (Lipinski definition) is 1. The molecule has 0 spiro atoms. The van der Waals surface area contributed by atoms with Crippen molar-refractivity contribution in [1.82, 2.24) is 20.2 Å². The Kier molecular flexibility index (Phi) is 4.06. The Hall–Kier alpha value is -2.94. The first-order valence-corrected chi connectivity index (χ1v) is 8.25. The van der Waals surface area contributed by atoms with Gasteiger partial charge in [0.05, 0.1) is 5.69 Å². The molecular formula is C16H12BrN5O3. The molecule has 4 rings (SSSR count). The standard InChI is InChI=1S/C16H12BrN5O3/c17-10-1-4-12(5-2-10)22-20-15(19-21-22)16(23)18-11-3-6-13-14(9-11)25-8-7-24-13/h1-6,9H,7-8H2,(H,18,23). The van der Waals surface area contributed by atoms with Crippen LogP contribution in [0.2, 0.25) is 0 Å². The lowest BCUT2D eigenvalue weighted by Gasteiger charge is -2.18. The molecule has 8 nitrogen and oxygen atoms in total. The average molecular weight is 402 g/mol. The fourth-order valence-corrected chi connectivity index (χ4v) is 2.56. The maximum absolute atomic E-state index is 12.3. The Morgan fingerprint density at radius 3 is 2.64 bits per heavy atom. The molecule has 9 heteroatoms. The highest BCUT2D eigenvalue weighted by Crippen LogP contribution is 2.32. The van der Waals surface area contributed by atoms with Gasteiger partial charge in [0.15, 0.2) is 11.5 Å². The molecule has 25 heavy (non-hydrogen) atoms. The molecule has 0 saturated carbocycles. The number of carbonyl (C=O) groups is 1. The number of halogens is 1. The molecule has 1 aliphatic rings. The van der Waals surface area contributed by atoms with E-state index in [9.17, 15) is 4.79 Å². The second kappa shape index (κ2) is 6.52. The zero-order valence-corrected chi connectivity index (χ0v) is 14.4. The van der Waals surface area contributed by atoms with Gasteiger partial charge in [0.2, 0.25) is 0 Å². The number of benzene rings is 2. The van der Waals surface area contributed by atoms with Crippen LogP contribution in [0.1, 0.15) is 10.6 Å². The predicted octanol–water partition coefficient (Wildman–Crippen LogP) is 2.45. The number of fused-ring (bicyclic) bond motifs is 1. The molecular weight excluding hydrogens is 390 g/mol. The van der Waals surface area contributed by atoms with Crippen molar-refractivity contribution in [3.05, 3.63) is 52.8 Å². The number of amides is 1. The van der Waals surface area contributed by atoms with Crippen molar-refractivity contribution in [2.75, 3.05) is 18.5 Å². The number of hydrogen-bond acceptors (Lipinski definition) is 6. The molecule has 0 atom stereocenters. The first-order valence-electron chi connectivity index (χ1n) is 7.46. The minimum atomic E-state index is -0.458. The highest BCUT2D eigenvalue weighted by molar-refractivity contribution is 9.10. The van der Waals surface area contributed by atoms with Crippen LogP contribution in [0.3, 0.4) is 0 Å². The van der Waals surface area contributed by atoms with E-state index in [1.807, 2.05) is 24.3 Å². The van der Waals surface area contributed by atoms with Gasteiger partial charge in [0.25, 0.3) is 11.7 Å². The zero-order valence-electron chi connectivity index (χ0n) is 12.8. The summed E-state index contributed by atoms with van der Waals surface area (Å²) in [6.07, 6.45) is 0. The number of aromatic nitrogens is 4. The van der Waals surface area contributed by atoms with Gasteiger partial charge in [-0.15, -0.1) is 15.0 Å². The summed E-state index contributed by atoms with van der Waals surface area (Å²) >= 11 is 3.36. The lowest BCUT2D eigenvalue weighted by atomic mass is 10.2. The van der Waals surface area contributed by atoms with E-state index in [0.29, 0.717) is 36.1 Å². The van der Waals surface area contributed by atoms with Crippen molar-refractivity contribution in [3.8, 4) is 17.2 Å². The Balaban J connectivity index is 1.51. The molecule has 126 valence electrons. The second-order valence-corrected chi connectivity index (χ2v) is 6.11. The molecule has 0 radical (unpaired) electrons. The number of rotatable bonds is 3. The summed E-state index contributed by atoms with van der Waals surface area (Å²) < 4.78 is 11.9. The zero-order chi connectivity index (χ0) is 17.2. The number of ether oxygens (including phenoxy) is 2. The first kappa shape index (κ1) is 15.6. The molecule has 1 aliphatic heterocycles. The molecule has 2 aromatic carbocycles. The Labute approximate surface area is 150 Å². The molecule has 1 amide bonds. The summed E-state index contributed by atoms with van der Waals surface area (Å²) in [5.41, 5.74) is 1.27. The lowest BCUT2D eigenvalue weighted by molar-refractivity contribution is 0.101. The molecule has 0 saturated heterocycles. The fraction of sp³-hybridized carbons (Fsp3) is 0.125. The lowest BCUT2D eigenvalue weighted by Crippen LogP contribution is -2.17. The van der Waals surface area contributed by atoms with Crippen LogP contribution in [-0.2, 0) is 0 Å². The van der Waals surface area contributed by atoms with Gasteiger partial charge in [0, 0.05) is 16.2 Å². The summed E-state index contributed by atoms with van der Waals surface area (Å²) in [5, 5.41) is 14.5. The van der Waals surface area contributed by atoms with Gasteiger partial charge in [-0.2, -0.15) is 0 Å². The predicted molar refractivity (Wildman–Crippen MR) is 92.2 cm³/mol. The van der Waals surface area contributed by atoms with Gasteiger partial charge in [-0.1, -0.05) is 15.9 Å². The van der Waals surface area contributed by atoms with E-state index >= 15 is 0 Å². The number of nitrogens with zero attached hydrogens (tertiary/aromatic N) is 4. The van der Waals surface area contributed by atoms with Crippen LogP contribution >= 0.6 is 15.9 Å². The number of tetrazole rings is 1. The molecule has 0 unspecified atom stereocenters. The van der Waals surface area contributed by atoms with Gasteiger partial charge in [-0.25, -0.2) is 0 Å². The van der Waals surface area contributed by atoms with Crippen LogP contribution < -0.4 is 14.8 Å². The van der Waals surface area contributed by atoms with E-state index < -0.39 is 5.91 Å². The highest BCUT2D eigenvalue weighted by Gasteiger charge is 2.16. The third-order valence-electron chi connectivity index (χ3n) is 3.47. The van der Waals surface area contributed by atoms with Crippen molar-refractivity contribution in [1.29, 1.82) is 0 Å². The fourth-order valence-electron chi connectivity index (χ4n) is 2.30. The number of carbonyl (C=O) groups excluding carboxylic acids is 1. The molecule has 1 N–H and O–H groups in total. The maximum atomic E-state index is 12.3. The van der Waals surface area contributed by atoms with Crippen LogP contribution in [-0.4, -0.2) is 39.3 Å². The Morgan fingerprint density at radius 2 is 1.84 bits per heavy atom. The second-order valence-electron chi connectivity index (χ2n) is 5.19. The van der Waals surface area contributed by atoms with Crippen LogP contribution in [0, 0.1) is 0 Å². The van der Waals surface area contributed by atoms with Crippen LogP contribution in [0.15, 0.2) is 46.9 Å². The van der Waals surface area contributed by atoms with Crippen molar-refractivity contribution < 1.29 is 14.3 Å². The van der Waals surface area contributed by atoms with Crippen LogP contribution in [0.5, 0.6) is 11.5 Å². The van der Waals surface area contributed by atoms with E-state index in [0.717, 1.165) is 4.47 Å². The molecule has 0 fully saturated rings. The quantitative estimate of drug-likeness (QED) is 0.724. The molecule has 2 heterocycles. The van der Waals surface area contributed by atoms with Gasteiger partial charge >= 0.3 is 0 Å². The van der Waals surface area contributed by atoms with Crippen molar-refractivity contribution >= 4 is 27.5 Å². The maximum Gasteiger partial charge on any atom is 0.297 e. The summed E-state index contributed by atoms with van der Waals surface area (Å²) in [7, 11) is 0. The molecule has 3 aromatic rings. The first-order chi connectivity index (χ1) is 12.2. The summed E-state index contributed by atoms with van der Waals surface area (Å²) in [6.45, 7) is 0.995. The van der Waals surface area contributed by atoms with E-state index in [1.165, 1.54) is 4.80 Å². The largest absolute Gasteiger partial charge is 0.486 e. The van der Waals surface area contributed by atoms with Gasteiger partial charge in [0.1, 0.15) is 13.2 Å². The minimum absolute atomic E-state index is 0.0298. The van der Waals surface area contributed by atoms with E-state index in [2.05, 4.69) is 36.7 Å². The van der Waals surface area contributed by atoms with Gasteiger partial charge in [-0.3, -0.25) is 4.79 Å². The van der Waals surface area contributed by atoms with E-state index in [-0.39, 0.29) is 5.82 Å². The van der Waals surface area contributed by atoms with Crippen molar-refractivity contribution in [2.24, 2.45) is 0 Å². The monoisotopic (exact) mass is 401 g/mol. The van der Waals surface area contributed by atoms with Crippen molar-refractivity contribution in [2.45, 2.75) is 0 Å². The van der Waals surface area contributed by atoms with E-state index in [1.54, 1.807) is 18.2 Å². The normalized spacial score (nSPS) is 12.7. The average Bonchev–Trinajstić information content (AvgIpc) is 3.12. The third-order valence-corrected chi connectivity index (χ3v) is 4.00. The van der Waals surface area contributed by atoms with Crippen LogP contribution in [0.4, 0.5) is 5.69 Å². The smallest absolute Gasteiger partial charge is 0.297 e. The van der Waals surface area contributed by atoms with Crippen molar-refractivity contribution in [3.63, 3.8) is 0 Å². The summed E-state index contributed by atoms with van der Waals surface area (Å²) in [5.74, 6) is 0.761. The molecule has 0 bridgehead atoms. The highest BCUT2D eigenvalue weighted by atomic mass is 79.9. The Bertz CT molecular complexity index is 926. The Morgan fingerprint density at radius 1 is 1.08 bits per heavy atom. The topological polar surface area (TPSA) is 91.2 Å². The van der Waals surface area contributed by atoms with Gasteiger partial charge in [-0.05, 0) is 41.6 Å². The van der Waals surface area contributed by atoms with Crippen LogP contribution in [0.25, 0.3) is 5.69 Å². The summed E-state index contributed by atoms with van der Waals surface area (Å²) in [4.78, 5) is 13.6. The number of nitrogens with one attached hydrogen (secondary N) is 1. The third kappa shape index (κ3) is 3.31.